The van der Waals surface area contributed by atoms with Crippen LogP contribution in [-0.4, -0.2) is 38.6 Å². The highest BCUT2D eigenvalue weighted by molar-refractivity contribution is 7.99. The van der Waals surface area contributed by atoms with Crippen LogP contribution < -0.4 is 5.56 Å². The number of thioether (sulfide) groups is 1. The Kier molecular flexibility index (Phi) is 6.03. The Morgan fingerprint density at radius 2 is 1.81 bits per heavy atom. The number of thiophene rings is 1. The summed E-state index contributed by atoms with van der Waals surface area (Å²) in [5.74, 6) is 0.246. The van der Waals surface area contributed by atoms with Crippen molar-refractivity contribution in [1.82, 2.24) is 14.5 Å². The van der Waals surface area contributed by atoms with Crippen LogP contribution >= 0.6 is 23.1 Å². The molecule has 0 aliphatic carbocycles. The number of carbonyl (C=O) groups is 2. The highest BCUT2D eigenvalue weighted by atomic mass is 32.2. The number of nitrogens with zero attached hydrogens (tertiary/aromatic N) is 3. The van der Waals surface area contributed by atoms with Crippen LogP contribution in [0.1, 0.15) is 41.3 Å². The molecule has 1 aliphatic heterocycles. The summed E-state index contributed by atoms with van der Waals surface area (Å²) in [4.78, 5) is 45.6. The minimum Gasteiger partial charge on any atom is -0.282 e. The maximum Gasteiger partial charge on any atom is 0.267 e. The number of likely N-dealkylation sites (tertiary alicyclic amines) is 1. The molecule has 0 unspecified atom stereocenters. The van der Waals surface area contributed by atoms with Gasteiger partial charge in [-0.25, -0.2) is 4.98 Å². The molecule has 8 heteroatoms. The fourth-order valence-electron chi connectivity index (χ4n) is 3.99. The Morgan fingerprint density at radius 3 is 2.48 bits per heavy atom. The van der Waals surface area contributed by atoms with Crippen molar-refractivity contribution in [3.05, 3.63) is 50.1 Å². The topological polar surface area (TPSA) is 72.3 Å². The van der Waals surface area contributed by atoms with E-state index in [0.29, 0.717) is 22.8 Å². The maximum absolute atomic E-state index is 13.7. The Hall–Kier alpha value is -2.45. The zero-order chi connectivity index (χ0) is 22.3. The van der Waals surface area contributed by atoms with Gasteiger partial charge in [0.1, 0.15) is 4.83 Å². The molecule has 1 aliphatic rings. The molecule has 2 aromatic heterocycles. The highest BCUT2D eigenvalue weighted by Gasteiger charge is 2.28. The van der Waals surface area contributed by atoms with E-state index in [0.717, 1.165) is 38.5 Å². The van der Waals surface area contributed by atoms with Crippen LogP contribution in [0, 0.1) is 20.8 Å². The first-order chi connectivity index (χ1) is 14.8. The quantitative estimate of drug-likeness (QED) is 0.317. The molecule has 3 aromatic rings. The van der Waals surface area contributed by atoms with Gasteiger partial charge in [0.05, 0.1) is 11.1 Å². The summed E-state index contributed by atoms with van der Waals surface area (Å²) in [5.41, 5.74) is 3.87. The summed E-state index contributed by atoms with van der Waals surface area (Å²) in [7, 11) is 0. The summed E-state index contributed by atoms with van der Waals surface area (Å²) < 4.78 is 1.70. The largest absolute Gasteiger partial charge is 0.282 e. The monoisotopic (exact) mass is 455 g/mol. The van der Waals surface area contributed by atoms with Gasteiger partial charge in [-0.1, -0.05) is 30.8 Å². The van der Waals surface area contributed by atoms with Crippen molar-refractivity contribution in [2.45, 2.75) is 52.1 Å². The van der Waals surface area contributed by atoms with Gasteiger partial charge in [0.15, 0.2) is 5.16 Å². The lowest BCUT2D eigenvalue weighted by atomic mass is 10.1. The molecule has 0 bridgehead atoms. The van der Waals surface area contributed by atoms with Gasteiger partial charge in [0.25, 0.3) is 5.56 Å². The summed E-state index contributed by atoms with van der Waals surface area (Å²) in [5, 5.41) is 1.29. The molecule has 1 saturated heterocycles. The van der Waals surface area contributed by atoms with Gasteiger partial charge < -0.3 is 0 Å². The van der Waals surface area contributed by atoms with Gasteiger partial charge in [-0.2, -0.15) is 0 Å². The molecule has 1 fully saturated rings. The highest BCUT2D eigenvalue weighted by Crippen LogP contribution is 2.31. The number of rotatable bonds is 6. The second-order valence-electron chi connectivity index (χ2n) is 7.78. The van der Waals surface area contributed by atoms with E-state index in [1.54, 1.807) is 15.9 Å². The predicted molar refractivity (Wildman–Crippen MR) is 125 cm³/mol. The summed E-state index contributed by atoms with van der Waals surface area (Å²) in [6.07, 6.45) is 1.35. The van der Waals surface area contributed by atoms with Crippen molar-refractivity contribution in [1.29, 1.82) is 0 Å². The normalized spacial score (nSPS) is 14.3. The Labute approximate surface area is 189 Å². The van der Waals surface area contributed by atoms with Crippen molar-refractivity contribution in [3.63, 3.8) is 0 Å². The molecular formula is C23H25N3O3S2. The number of aryl methyl sites for hydroxylation is 4. The summed E-state index contributed by atoms with van der Waals surface area (Å²) in [6.45, 7) is 8.41. The number of hydrogen-bond acceptors (Lipinski definition) is 6. The first-order valence-electron chi connectivity index (χ1n) is 10.4. The number of benzene rings is 1. The van der Waals surface area contributed by atoms with E-state index in [4.69, 9.17) is 4.98 Å². The average Bonchev–Trinajstić information content (AvgIpc) is 3.22. The molecule has 1 aromatic carbocycles. The molecule has 31 heavy (non-hydrogen) atoms. The third-order valence-corrected chi connectivity index (χ3v) is 7.62. The molecule has 3 heterocycles. The molecule has 0 N–H and O–H groups in total. The average molecular weight is 456 g/mol. The van der Waals surface area contributed by atoms with Crippen molar-refractivity contribution < 1.29 is 9.59 Å². The zero-order valence-corrected chi connectivity index (χ0v) is 19.8. The van der Waals surface area contributed by atoms with Crippen LogP contribution in [0.3, 0.4) is 0 Å². The minimum atomic E-state index is -0.123. The van der Waals surface area contributed by atoms with Crippen molar-refractivity contribution in [2.75, 3.05) is 12.3 Å². The lowest BCUT2D eigenvalue weighted by molar-refractivity contribution is -0.137. The van der Waals surface area contributed by atoms with Gasteiger partial charge in [-0.3, -0.25) is 23.9 Å². The van der Waals surface area contributed by atoms with E-state index >= 15 is 0 Å². The third-order valence-electron chi connectivity index (χ3n) is 5.66. The number of amides is 2. The fraction of sp³-hybridized carbons (Fsp3) is 0.391. The predicted octanol–water partition coefficient (Wildman–Crippen LogP) is 4.18. The number of fused-ring (bicyclic) bond motifs is 1. The van der Waals surface area contributed by atoms with Gasteiger partial charge in [0, 0.05) is 30.0 Å². The molecule has 2 amide bonds. The Morgan fingerprint density at radius 1 is 1.10 bits per heavy atom. The van der Waals surface area contributed by atoms with E-state index < -0.39 is 0 Å². The molecule has 0 saturated carbocycles. The van der Waals surface area contributed by atoms with Crippen LogP contribution in [0.4, 0.5) is 0 Å². The van der Waals surface area contributed by atoms with Gasteiger partial charge in [-0.05, 0) is 49.9 Å². The van der Waals surface area contributed by atoms with Crippen LogP contribution in [0.15, 0.2) is 28.2 Å². The smallest absolute Gasteiger partial charge is 0.267 e. The molecule has 6 nitrogen and oxygen atoms in total. The molecule has 4 rings (SSSR count). The second kappa shape index (κ2) is 8.59. The summed E-state index contributed by atoms with van der Waals surface area (Å²) >= 11 is 2.96. The lowest BCUT2D eigenvalue weighted by Gasteiger charge is -2.17. The third kappa shape index (κ3) is 3.94. The Balaban J connectivity index is 1.81. The lowest BCUT2D eigenvalue weighted by Crippen LogP contribution is -2.31. The summed E-state index contributed by atoms with van der Waals surface area (Å²) in [6, 6.07) is 6.04. The van der Waals surface area contributed by atoms with Gasteiger partial charge in [-0.15, -0.1) is 11.3 Å². The van der Waals surface area contributed by atoms with E-state index in [2.05, 4.69) is 6.92 Å². The van der Waals surface area contributed by atoms with Crippen LogP contribution in [-0.2, 0) is 16.0 Å². The number of aromatic nitrogens is 2. The van der Waals surface area contributed by atoms with E-state index in [9.17, 15) is 14.4 Å². The second-order valence-corrected chi connectivity index (χ2v) is 10.0. The van der Waals surface area contributed by atoms with Crippen molar-refractivity contribution >= 4 is 45.1 Å². The van der Waals surface area contributed by atoms with E-state index in [1.807, 2.05) is 39.0 Å². The van der Waals surface area contributed by atoms with Crippen molar-refractivity contribution in [2.24, 2.45) is 0 Å². The standard InChI is InChI=1S/C23H25N3O3S2/c1-5-16-15(4)31-21-20(16)22(29)26(17-12-13(2)6-7-14(17)3)23(24-21)30-11-10-25-18(27)8-9-19(25)28/h6-7,12H,5,8-11H2,1-4H3. The first kappa shape index (κ1) is 21.8. The molecule has 0 spiro atoms. The first-order valence-corrected chi connectivity index (χ1v) is 12.2. The van der Waals surface area contributed by atoms with E-state index in [-0.39, 0.29) is 30.2 Å². The van der Waals surface area contributed by atoms with Crippen molar-refractivity contribution in [3.8, 4) is 5.69 Å². The molecule has 0 radical (unpaired) electrons. The van der Waals surface area contributed by atoms with Gasteiger partial charge in [0.2, 0.25) is 11.8 Å². The van der Waals surface area contributed by atoms with Crippen LogP contribution in [0.25, 0.3) is 15.9 Å². The number of hydrogen-bond donors (Lipinski definition) is 0. The molecule has 0 atom stereocenters. The van der Waals surface area contributed by atoms with Crippen LogP contribution in [0.2, 0.25) is 0 Å². The molecule has 162 valence electrons. The van der Waals surface area contributed by atoms with Crippen LogP contribution in [0.5, 0.6) is 0 Å². The Bertz CT molecular complexity index is 1240. The molecular weight excluding hydrogens is 430 g/mol. The fourth-order valence-corrected chi connectivity index (χ4v) is 6.08. The van der Waals surface area contributed by atoms with E-state index in [1.165, 1.54) is 16.7 Å². The zero-order valence-electron chi connectivity index (χ0n) is 18.2. The van der Waals surface area contributed by atoms with Gasteiger partial charge >= 0.3 is 0 Å². The SMILES string of the molecule is CCc1c(C)sc2nc(SCCN3C(=O)CCC3=O)n(-c3cc(C)ccc3C)c(=O)c12. The number of carbonyl (C=O) groups excluding carboxylic acids is 2. The minimum absolute atomic E-state index is 0.0595. The number of imide groups is 1. The maximum atomic E-state index is 13.7.